The Morgan fingerprint density at radius 3 is 2.15 bits per heavy atom. The number of benzene rings is 1. The zero-order chi connectivity index (χ0) is 20.1. The van der Waals surface area contributed by atoms with Gasteiger partial charge in [-0.15, -0.1) is 0 Å². The number of carbonyl (C=O) groups is 2. The van der Waals surface area contributed by atoms with E-state index in [9.17, 15) is 9.59 Å². The Bertz CT molecular complexity index is 778. The van der Waals surface area contributed by atoms with Crippen LogP contribution >= 0.6 is 11.6 Å². The Morgan fingerprint density at radius 1 is 1.07 bits per heavy atom. The standard InChI is InChI=1S/C21H26ClNO4/c1-6-11-26-20(24)17-13(4)23-14(5)18(21(25)27-12(2)3)19(17)15-7-9-16(22)10-8-15/h7-10,12,19,23H,6,11H2,1-5H3. The number of ether oxygens (including phenoxy) is 2. The molecule has 0 aliphatic carbocycles. The molecule has 2 rings (SSSR count). The van der Waals surface area contributed by atoms with Gasteiger partial charge in [0, 0.05) is 16.4 Å². The lowest BCUT2D eigenvalue weighted by Gasteiger charge is -2.31. The van der Waals surface area contributed by atoms with Gasteiger partial charge in [-0.3, -0.25) is 0 Å². The number of dihydropyridines is 1. The number of carbonyl (C=O) groups excluding carboxylic acids is 2. The first-order chi connectivity index (χ1) is 12.8. The van der Waals surface area contributed by atoms with Gasteiger partial charge in [-0.05, 0) is 51.8 Å². The van der Waals surface area contributed by atoms with Crippen LogP contribution in [0.3, 0.4) is 0 Å². The fraction of sp³-hybridized carbons (Fsp3) is 0.429. The van der Waals surface area contributed by atoms with Gasteiger partial charge in [0.15, 0.2) is 0 Å². The highest BCUT2D eigenvalue weighted by Crippen LogP contribution is 2.39. The van der Waals surface area contributed by atoms with E-state index in [0.717, 1.165) is 5.56 Å². The van der Waals surface area contributed by atoms with Gasteiger partial charge >= 0.3 is 11.9 Å². The van der Waals surface area contributed by atoms with Crippen LogP contribution in [-0.4, -0.2) is 24.6 Å². The summed E-state index contributed by atoms with van der Waals surface area (Å²) in [4.78, 5) is 25.6. The summed E-state index contributed by atoms with van der Waals surface area (Å²) in [6.07, 6.45) is 0.444. The molecule has 5 nitrogen and oxygen atoms in total. The molecule has 1 atom stereocenters. The third kappa shape index (κ3) is 4.92. The molecule has 27 heavy (non-hydrogen) atoms. The summed E-state index contributed by atoms with van der Waals surface area (Å²) in [6, 6.07) is 7.11. The lowest BCUT2D eigenvalue weighted by Crippen LogP contribution is -2.33. The second-order valence-corrected chi connectivity index (χ2v) is 7.21. The summed E-state index contributed by atoms with van der Waals surface area (Å²) < 4.78 is 10.8. The zero-order valence-corrected chi connectivity index (χ0v) is 17.1. The highest BCUT2D eigenvalue weighted by Gasteiger charge is 2.38. The van der Waals surface area contributed by atoms with Crippen LogP contribution in [0.2, 0.25) is 5.02 Å². The summed E-state index contributed by atoms with van der Waals surface area (Å²) in [6.45, 7) is 9.44. The Balaban J connectivity index is 2.57. The van der Waals surface area contributed by atoms with Crippen LogP contribution in [0.15, 0.2) is 46.8 Å². The molecule has 0 saturated heterocycles. The van der Waals surface area contributed by atoms with Crippen molar-refractivity contribution in [2.24, 2.45) is 0 Å². The van der Waals surface area contributed by atoms with Gasteiger partial charge in [0.1, 0.15) is 0 Å². The first kappa shape index (κ1) is 21.0. The van der Waals surface area contributed by atoms with Gasteiger partial charge < -0.3 is 14.8 Å². The summed E-state index contributed by atoms with van der Waals surface area (Å²) >= 11 is 6.02. The van der Waals surface area contributed by atoms with Gasteiger partial charge in [0.25, 0.3) is 0 Å². The molecule has 0 radical (unpaired) electrons. The molecule has 1 aliphatic rings. The molecule has 0 aromatic heterocycles. The molecule has 146 valence electrons. The van der Waals surface area contributed by atoms with Crippen molar-refractivity contribution in [3.05, 3.63) is 57.4 Å². The van der Waals surface area contributed by atoms with Gasteiger partial charge in [-0.1, -0.05) is 30.7 Å². The largest absolute Gasteiger partial charge is 0.462 e. The first-order valence-corrected chi connectivity index (χ1v) is 9.46. The Morgan fingerprint density at radius 2 is 1.63 bits per heavy atom. The zero-order valence-electron chi connectivity index (χ0n) is 16.4. The van der Waals surface area contributed by atoms with E-state index < -0.39 is 17.9 Å². The van der Waals surface area contributed by atoms with E-state index in [1.54, 1.807) is 39.8 Å². The van der Waals surface area contributed by atoms with Gasteiger partial charge in [0.05, 0.1) is 29.8 Å². The SMILES string of the molecule is CCCOC(=O)C1=C(C)NC(C)=C(C(=O)OC(C)C)C1c1ccc(Cl)cc1. The molecule has 1 N–H and O–H groups in total. The van der Waals surface area contributed by atoms with Crippen molar-refractivity contribution in [2.45, 2.75) is 53.1 Å². The van der Waals surface area contributed by atoms with Crippen LogP contribution in [0, 0.1) is 0 Å². The predicted molar refractivity (Wildman–Crippen MR) is 105 cm³/mol. The first-order valence-electron chi connectivity index (χ1n) is 9.08. The predicted octanol–water partition coefficient (Wildman–Crippen LogP) is 4.48. The fourth-order valence-corrected chi connectivity index (χ4v) is 3.20. The van der Waals surface area contributed by atoms with Crippen molar-refractivity contribution in [2.75, 3.05) is 6.61 Å². The molecule has 0 bridgehead atoms. The van der Waals surface area contributed by atoms with Gasteiger partial charge in [-0.2, -0.15) is 0 Å². The molecule has 1 heterocycles. The number of hydrogen-bond donors (Lipinski definition) is 1. The van der Waals surface area contributed by atoms with Crippen LogP contribution in [0.1, 0.15) is 52.5 Å². The third-order valence-electron chi connectivity index (χ3n) is 4.18. The maximum Gasteiger partial charge on any atom is 0.337 e. The highest BCUT2D eigenvalue weighted by molar-refractivity contribution is 6.30. The number of rotatable bonds is 6. The molecule has 1 unspecified atom stereocenters. The van der Waals surface area contributed by atoms with Crippen LogP contribution in [0.4, 0.5) is 0 Å². The smallest absolute Gasteiger partial charge is 0.337 e. The van der Waals surface area contributed by atoms with Crippen LogP contribution in [-0.2, 0) is 19.1 Å². The molecule has 6 heteroatoms. The van der Waals surface area contributed by atoms with Crippen molar-refractivity contribution < 1.29 is 19.1 Å². The van der Waals surface area contributed by atoms with E-state index >= 15 is 0 Å². The van der Waals surface area contributed by atoms with E-state index in [1.807, 2.05) is 19.1 Å². The monoisotopic (exact) mass is 391 g/mol. The quantitative estimate of drug-likeness (QED) is 0.724. The summed E-state index contributed by atoms with van der Waals surface area (Å²) in [7, 11) is 0. The molecule has 1 aliphatic heterocycles. The normalized spacial score (nSPS) is 17.1. The molecule has 0 saturated carbocycles. The van der Waals surface area contributed by atoms with Crippen molar-refractivity contribution in [1.82, 2.24) is 5.32 Å². The minimum Gasteiger partial charge on any atom is -0.462 e. The van der Waals surface area contributed by atoms with Crippen molar-refractivity contribution in [3.63, 3.8) is 0 Å². The summed E-state index contributed by atoms with van der Waals surface area (Å²) in [5.41, 5.74) is 2.91. The summed E-state index contributed by atoms with van der Waals surface area (Å²) in [5.74, 6) is -1.48. The fourth-order valence-electron chi connectivity index (χ4n) is 3.07. The average Bonchev–Trinajstić information content (AvgIpc) is 2.59. The lowest BCUT2D eigenvalue weighted by molar-refractivity contribution is -0.143. The Kier molecular flexibility index (Phi) is 7.08. The molecule has 0 spiro atoms. The van der Waals surface area contributed by atoms with Crippen LogP contribution < -0.4 is 5.32 Å². The number of halogens is 1. The molecular formula is C21H26ClNO4. The van der Waals surface area contributed by atoms with E-state index in [0.29, 0.717) is 40.6 Å². The van der Waals surface area contributed by atoms with E-state index in [4.69, 9.17) is 21.1 Å². The third-order valence-corrected chi connectivity index (χ3v) is 4.44. The van der Waals surface area contributed by atoms with Crippen LogP contribution in [0.5, 0.6) is 0 Å². The van der Waals surface area contributed by atoms with Gasteiger partial charge in [0.2, 0.25) is 0 Å². The number of hydrogen-bond acceptors (Lipinski definition) is 5. The van der Waals surface area contributed by atoms with Gasteiger partial charge in [-0.25, -0.2) is 9.59 Å². The highest BCUT2D eigenvalue weighted by atomic mass is 35.5. The Hall–Kier alpha value is -2.27. The molecule has 1 aromatic carbocycles. The number of nitrogens with one attached hydrogen (secondary N) is 1. The number of esters is 2. The van der Waals surface area contributed by atoms with Crippen LogP contribution in [0.25, 0.3) is 0 Å². The van der Waals surface area contributed by atoms with Crippen molar-refractivity contribution in [3.8, 4) is 0 Å². The summed E-state index contributed by atoms with van der Waals surface area (Å²) in [5, 5.41) is 3.71. The second kappa shape index (κ2) is 9.09. The maximum absolute atomic E-state index is 12.8. The topological polar surface area (TPSA) is 64.6 Å². The molecule has 0 fully saturated rings. The Labute approximate surface area is 165 Å². The molecule has 1 aromatic rings. The minimum atomic E-state index is -0.584. The molecular weight excluding hydrogens is 366 g/mol. The minimum absolute atomic E-state index is 0.272. The van der Waals surface area contributed by atoms with E-state index in [-0.39, 0.29) is 6.10 Å². The van der Waals surface area contributed by atoms with Crippen molar-refractivity contribution in [1.29, 1.82) is 0 Å². The number of allylic oxidation sites excluding steroid dienone is 2. The van der Waals surface area contributed by atoms with Crippen molar-refractivity contribution >= 4 is 23.5 Å². The van der Waals surface area contributed by atoms with E-state index in [2.05, 4.69) is 5.32 Å². The van der Waals surface area contributed by atoms with E-state index in [1.165, 1.54) is 0 Å². The maximum atomic E-state index is 12.8. The molecule has 0 amide bonds. The second-order valence-electron chi connectivity index (χ2n) is 6.78. The average molecular weight is 392 g/mol. The lowest BCUT2D eigenvalue weighted by atomic mass is 9.80.